The minimum atomic E-state index is -2.84. The van der Waals surface area contributed by atoms with Gasteiger partial charge in [0.1, 0.15) is 11.9 Å². The number of halogens is 3. The first-order chi connectivity index (χ1) is 7.09. The molecular weight excluding hydrogens is 226 g/mol. The molecular formula is C10H9ClF2O2. The molecule has 5 heteroatoms. The molecule has 82 valence electrons. The van der Waals surface area contributed by atoms with Crippen LogP contribution in [0.3, 0.4) is 0 Å². The van der Waals surface area contributed by atoms with Gasteiger partial charge in [0.25, 0.3) is 6.43 Å². The zero-order valence-corrected chi connectivity index (χ0v) is 8.47. The molecule has 0 saturated carbocycles. The van der Waals surface area contributed by atoms with Crippen LogP contribution in [-0.4, -0.2) is 18.1 Å². The summed E-state index contributed by atoms with van der Waals surface area (Å²) < 4.78 is 29.9. The van der Waals surface area contributed by atoms with Crippen molar-refractivity contribution < 1.29 is 18.6 Å². The Morgan fingerprint density at radius 1 is 1.40 bits per heavy atom. The van der Waals surface area contributed by atoms with Crippen LogP contribution in [0.2, 0.25) is 5.02 Å². The monoisotopic (exact) mass is 234 g/mol. The Bertz CT molecular complexity index is 382. The van der Waals surface area contributed by atoms with Gasteiger partial charge in [-0.15, -0.1) is 0 Å². The number of benzene rings is 1. The van der Waals surface area contributed by atoms with Crippen LogP contribution in [0.1, 0.15) is 17.2 Å². The van der Waals surface area contributed by atoms with E-state index < -0.39 is 12.5 Å². The highest BCUT2D eigenvalue weighted by molar-refractivity contribution is 6.30. The first-order valence-corrected chi connectivity index (χ1v) is 4.88. The molecule has 1 atom stereocenters. The summed E-state index contributed by atoms with van der Waals surface area (Å²) in [7, 11) is 0. The topological polar surface area (TPSA) is 29.5 Å². The first kappa shape index (κ1) is 10.6. The molecule has 0 saturated heterocycles. The van der Waals surface area contributed by atoms with Gasteiger partial charge in [-0.05, 0) is 17.7 Å². The third kappa shape index (κ3) is 1.92. The molecule has 2 rings (SSSR count). The molecule has 1 N–H and O–H groups in total. The molecule has 15 heavy (non-hydrogen) atoms. The van der Waals surface area contributed by atoms with Crippen LogP contribution < -0.4 is 4.74 Å². The molecule has 1 aromatic rings. The highest BCUT2D eigenvalue weighted by Crippen LogP contribution is 2.38. The van der Waals surface area contributed by atoms with E-state index in [1.54, 1.807) is 6.07 Å². The summed E-state index contributed by atoms with van der Waals surface area (Å²) in [6.07, 6.45) is -4.04. The highest BCUT2D eigenvalue weighted by atomic mass is 35.5. The lowest BCUT2D eigenvalue weighted by atomic mass is 10.0. The number of hydrogen-bond acceptors (Lipinski definition) is 2. The number of rotatable bonds is 2. The maximum atomic E-state index is 12.4. The number of aliphatic hydroxyl groups is 1. The van der Waals surface area contributed by atoms with E-state index in [0.717, 1.165) is 5.56 Å². The maximum Gasteiger partial charge on any atom is 0.268 e. The molecule has 0 aliphatic carbocycles. The van der Waals surface area contributed by atoms with Crippen LogP contribution in [0, 0.1) is 0 Å². The largest absolute Gasteiger partial charge is 0.493 e. The third-order valence-corrected chi connectivity index (χ3v) is 2.55. The lowest BCUT2D eigenvalue weighted by Crippen LogP contribution is -2.09. The lowest BCUT2D eigenvalue weighted by Gasteiger charge is -2.14. The van der Waals surface area contributed by atoms with Gasteiger partial charge >= 0.3 is 0 Å². The quantitative estimate of drug-likeness (QED) is 0.852. The molecule has 1 aliphatic rings. The Morgan fingerprint density at radius 3 is 2.80 bits per heavy atom. The van der Waals surface area contributed by atoms with Crippen molar-refractivity contribution in [3.05, 3.63) is 28.3 Å². The van der Waals surface area contributed by atoms with E-state index >= 15 is 0 Å². The summed E-state index contributed by atoms with van der Waals surface area (Å²) in [5.74, 6) is 0.354. The Kier molecular flexibility index (Phi) is 2.80. The van der Waals surface area contributed by atoms with Crippen LogP contribution in [0.15, 0.2) is 12.1 Å². The van der Waals surface area contributed by atoms with Crippen LogP contribution in [0.5, 0.6) is 5.75 Å². The summed E-state index contributed by atoms with van der Waals surface area (Å²) in [4.78, 5) is 0. The van der Waals surface area contributed by atoms with Crippen LogP contribution in [0.4, 0.5) is 8.78 Å². The lowest BCUT2D eigenvalue weighted by molar-refractivity contribution is -0.00699. The smallest absolute Gasteiger partial charge is 0.268 e. The number of alkyl halides is 2. The molecule has 0 amide bonds. The second kappa shape index (κ2) is 3.94. The van der Waals surface area contributed by atoms with Crippen molar-refractivity contribution >= 4 is 11.6 Å². The Morgan fingerprint density at radius 2 is 2.13 bits per heavy atom. The van der Waals surface area contributed by atoms with Crippen LogP contribution >= 0.6 is 11.6 Å². The molecule has 0 radical (unpaired) electrons. The van der Waals surface area contributed by atoms with Crippen molar-refractivity contribution in [2.75, 3.05) is 6.61 Å². The summed E-state index contributed by atoms with van der Waals surface area (Å²) in [6, 6.07) is 2.99. The number of aliphatic hydroxyl groups excluding tert-OH is 1. The van der Waals surface area contributed by atoms with Crippen molar-refractivity contribution in [3.63, 3.8) is 0 Å². The summed E-state index contributed by atoms with van der Waals surface area (Å²) in [5, 5.41) is 9.64. The molecule has 1 aromatic carbocycles. The fourth-order valence-electron chi connectivity index (χ4n) is 1.65. The summed E-state index contributed by atoms with van der Waals surface area (Å²) >= 11 is 5.77. The van der Waals surface area contributed by atoms with E-state index in [9.17, 15) is 13.9 Å². The van der Waals surface area contributed by atoms with E-state index in [4.69, 9.17) is 16.3 Å². The van der Waals surface area contributed by atoms with Crippen molar-refractivity contribution in [3.8, 4) is 5.75 Å². The molecule has 0 fully saturated rings. The molecule has 0 bridgehead atoms. The number of hydrogen-bond donors (Lipinski definition) is 1. The average Bonchev–Trinajstić information content (AvgIpc) is 2.62. The van der Waals surface area contributed by atoms with Gasteiger partial charge in [0, 0.05) is 17.0 Å². The van der Waals surface area contributed by atoms with E-state index in [2.05, 4.69) is 0 Å². The van der Waals surface area contributed by atoms with Gasteiger partial charge in [-0.25, -0.2) is 8.78 Å². The van der Waals surface area contributed by atoms with Crippen LogP contribution in [0.25, 0.3) is 0 Å². The van der Waals surface area contributed by atoms with Gasteiger partial charge in [-0.1, -0.05) is 11.6 Å². The van der Waals surface area contributed by atoms with Crippen molar-refractivity contribution in [2.45, 2.75) is 19.0 Å². The van der Waals surface area contributed by atoms with Gasteiger partial charge in [0.2, 0.25) is 0 Å². The zero-order valence-electron chi connectivity index (χ0n) is 7.71. The standard InChI is InChI=1S/C10H9ClF2O2/c11-6-3-5-1-2-15-9(5)7(4-6)8(14)10(12)13/h3-4,8,10,14H,1-2H2. The Labute approximate surface area is 90.4 Å². The van der Waals surface area contributed by atoms with Gasteiger partial charge < -0.3 is 9.84 Å². The van der Waals surface area contributed by atoms with Crippen molar-refractivity contribution in [2.24, 2.45) is 0 Å². The van der Waals surface area contributed by atoms with E-state index in [-0.39, 0.29) is 5.56 Å². The Hall–Kier alpha value is -0.870. The summed E-state index contributed by atoms with van der Waals surface area (Å²) in [6.45, 7) is 0.443. The second-order valence-corrected chi connectivity index (χ2v) is 3.80. The number of fused-ring (bicyclic) bond motifs is 1. The first-order valence-electron chi connectivity index (χ1n) is 4.51. The molecule has 0 spiro atoms. The SMILES string of the molecule is OC(c1cc(Cl)cc2c1OCC2)C(F)F. The number of ether oxygens (including phenoxy) is 1. The molecule has 2 nitrogen and oxygen atoms in total. The van der Waals surface area contributed by atoms with Crippen molar-refractivity contribution in [1.29, 1.82) is 0 Å². The minimum absolute atomic E-state index is 0.0741. The van der Waals surface area contributed by atoms with Crippen molar-refractivity contribution in [1.82, 2.24) is 0 Å². The van der Waals surface area contributed by atoms with E-state index in [0.29, 0.717) is 23.8 Å². The normalized spacial score (nSPS) is 16.3. The minimum Gasteiger partial charge on any atom is -0.493 e. The molecule has 1 aliphatic heterocycles. The predicted molar refractivity (Wildman–Crippen MR) is 51.6 cm³/mol. The zero-order chi connectivity index (χ0) is 11.0. The fraction of sp³-hybridized carbons (Fsp3) is 0.400. The molecule has 0 aromatic heterocycles. The Balaban J connectivity index is 2.47. The second-order valence-electron chi connectivity index (χ2n) is 3.36. The highest BCUT2D eigenvalue weighted by Gasteiger charge is 2.27. The maximum absolute atomic E-state index is 12.4. The summed E-state index contributed by atoms with van der Waals surface area (Å²) in [5.41, 5.74) is 0.849. The molecule has 1 heterocycles. The van der Waals surface area contributed by atoms with E-state index in [1.807, 2.05) is 0 Å². The van der Waals surface area contributed by atoms with Gasteiger partial charge in [0.05, 0.1) is 6.61 Å². The fourth-order valence-corrected chi connectivity index (χ4v) is 1.90. The third-order valence-electron chi connectivity index (χ3n) is 2.33. The van der Waals surface area contributed by atoms with Gasteiger partial charge in [-0.2, -0.15) is 0 Å². The average molecular weight is 235 g/mol. The van der Waals surface area contributed by atoms with Gasteiger partial charge in [-0.3, -0.25) is 0 Å². The molecule has 1 unspecified atom stereocenters. The van der Waals surface area contributed by atoms with E-state index in [1.165, 1.54) is 6.07 Å². The predicted octanol–water partition coefficient (Wildman–Crippen LogP) is 2.57. The van der Waals surface area contributed by atoms with Crippen LogP contribution in [-0.2, 0) is 6.42 Å². The van der Waals surface area contributed by atoms with Gasteiger partial charge in [0.15, 0.2) is 0 Å².